The standard InChI is InChI=1S/C25H28N2O2/c1-2-27(19-21-9-5-3-6-10-21)18-17-25(28)26-23-13-15-24(16-14-23)29-20-22-11-7-4-8-12-22/h3-16H,2,17-20H2,1H3,(H,26,28). The van der Waals surface area contributed by atoms with Gasteiger partial charge in [0.05, 0.1) is 0 Å². The number of amides is 1. The van der Waals surface area contributed by atoms with Gasteiger partial charge in [-0.2, -0.15) is 0 Å². The van der Waals surface area contributed by atoms with E-state index in [2.05, 4.69) is 29.3 Å². The number of benzene rings is 3. The lowest BCUT2D eigenvalue weighted by Crippen LogP contribution is -2.27. The predicted molar refractivity (Wildman–Crippen MR) is 118 cm³/mol. The summed E-state index contributed by atoms with van der Waals surface area (Å²) in [6.07, 6.45) is 0.465. The van der Waals surface area contributed by atoms with Crippen molar-refractivity contribution in [2.45, 2.75) is 26.5 Å². The highest BCUT2D eigenvalue weighted by Gasteiger charge is 2.08. The molecule has 0 aliphatic rings. The SMILES string of the molecule is CCN(CCC(=O)Nc1ccc(OCc2ccccc2)cc1)Cc1ccccc1. The van der Waals surface area contributed by atoms with Gasteiger partial charge in [0.25, 0.3) is 0 Å². The molecule has 4 heteroatoms. The van der Waals surface area contributed by atoms with Gasteiger partial charge < -0.3 is 10.1 Å². The van der Waals surface area contributed by atoms with Crippen molar-refractivity contribution in [1.29, 1.82) is 0 Å². The molecule has 0 heterocycles. The lowest BCUT2D eigenvalue weighted by molar-refractivity contribution is -0.116. The van der Waals surface area contributed by atoms with Gasteiger partial charge in [0, 0.05) is 25.2 Å². The van der Waals surface area contributed by atoms with E-state index in [-0.39, 0.29) is 5.91 Å². The third kappa shape index (κ3) is 7.09. The molecule has 0 bridgehead atoms. The summed E-state index contributed by atoms with van der Waals surface area (Å²) in [5.41, 5.74) is 3.18. The maximum Gasteiger partial charge on any atom is 0.225 e. The van der Waals surface area contributed by atoms with Crippen molar-refractivity contribution in [2.24, 2.45) is 0 Å². The van der Waals surface area contributed by atoms with Crippen LogP contribution < -0.4 is 10.1 Å². The first-order valence-corrected chi connectivity index (χ1v) is 10.1. The minimum atomic E-state index is 0.0227. The number of carbonyl (C=O) groups excluding carboxylic acids is 1. The van der Waals surface area contributed by atoms with E-state index in [1.54, 1.807) is 0 Å². The fourth-order valence-corrected chi connectivity index (χ4v) is 3.05. The van der Waals surface area contributed by atoms with Gasteiger partial charge in [-0.25, -0.2) is 0 Å². The summed E-state index contributed by atoms with van der Waals surface area (Å²) >= 11 is 0. The highest BCUT2D eigenvalue weighted by atomic mass is 16.5. The van der Waals surface area contributed by atoms with Crippen LogP contribution in [0.1, 0.15) is 24.5 Å². The number of hydrogen-bond acceptors (Lipinski definition) is 3. The topological polar surface area (TPSA) is 41.6 Å². The quantitative estimate of drug-likeness (QED) is 0.524. The Balaban J connectivity index is 1.42. The van der Waals surface area contributed by atoms with Crippen LogP contribution in [0.3, 0.4) is 0 Å². The zero-order chi connectivity index (χ0) is 20.3. The Hall–Kier alpha value is -3.11. The van der Waals surface area contributed by atoms with E-state index >= 15 is 0 Å². The van der Waals surface area contributed by atoms with Crippen molar-refractivity contribution in [1.82, 2.24) is 4.90 Å². The molecule has 0 spiro atoms. The highest BCUT2D eigenvalue weighted by Crippen LogP contribution is 2.17. The Morgan fingerprint density at radius 2 is 1.48 bits per heavy atom. The Bertz CT molecular complexity index is 864. The van der Waals surface area contributed by atoms with E-state index in [0.29, 0.717) is 13.0 Å². The Morgan fingerprint density at radius 3 is 2.10 bits per heavy atom. The van der Waals surface area contributed by atoms with E-state index in [9.17, 15) is 4.79 Å². The molecule has 0 saturated carbocycles. The molecule has 29 heavy (non-hydrogen) atoms. The fourth-order valence-electron chi connectivity index (χ4n) is 3.05. The van der Waals surface area contributed by atoms with E-state index in [4.69, 9.17) is 4.74 Å². The van der Waals surface area contributed by atoms with Gasteiger partial charge in [-0.3, -0.25) is 9.69 Å². The van der Waals surface area contributed by atoms with Gasteiger partial charge in [0.1, 0.15) is 12.4 Å². The van der Waals surface area contributed by atoms with Crippen molar-refractivity contribution in [2.75, 3.05) is 18.4 Å². The molecule has 0 atom stereocenters. The largest absolute Gasteiger partial charge is 0.489 e. The fraction of sp³-hybridized carbons (Fsp3) is 0.240. The van der Waals surface area contributed by atoms with Crippen LogP contribution in [0.4, 0.5) is 5.69 Å². The van der Waals surface area contributed by atoms with Crippen LogP contribution in [0.15, 0.2) is 84.9 Å². The third-order valence-electron chi connectivity index (χ3n) is 4.74. The van der Waals surface area contributed by atoms with Gasteiger partial charge in [0.2, 0.25) is 5.91 Å². The smallest absolute Gasteiger partial charge is 0.225 e. The van der Waals surface area contributed by atoms with Gasteiger partial charge in [-0.05, 0) is 41.9 Å². The predicted octanol–water partition coefficient (Wildman–Crippen LogP) is 5.12. The number of ether oxygens (including phenoxy) is 1. The second-order valence-electron chi connectivity index (χ2n) is 6.95. The van der Waals surface area contributed by atoms with Gasteiger partial charge in [0.15, 0.2) is 0 Å². The molecule has 0 aliphatic heterocycles. The van der Waals surface area contributed by atoms with E-state index in [1.165, 1.54) is 5.56 Å². The molecule has 1 amide bonds. The van der Waals surface area contributed by atoms with Crippen LogP contribution in [-0.2, 0) is 17.9 Å². The van der Waals surface area contributed by atoms with Crippen LogP contribution in [0.2, 0.25) is 0 Å². The average Bonchev–Trinajstić information content (AvgIpc) is 2.77. The summed E-state index contributed by atoms with van der Waals surface area (Å²) in [6, 6.07) is 27.9. The number of rotatable bonds is 10. The second kappa shape index (κ2) is 11.0. The maximum absolute atomic E-state index is 12.3. The number of anilines is 1. The van der Waals surface area contributed by atoms with Crippen molar-refractivity contribution in [3.8, 4) is 5.75 Å². The van der Waals surface area contributed by atoms with Crippen LogP contribution in [-0.4, -0.2) is 23.9 Å². The van der Waals surface area contributed by atoms with Crippen LogP contribution in [0.25, 0.3) is 0 Å². The zero-order valence-corrected chi connectivity index (χ0v) is 16.9. The maximum atomic E-state index is 12.3. The first kappa shape index (κ1) is 20.6. The summed E-state index contributed by atoms with van der Waals surface area (Å²) in [4.78, 5) is 14.6. The minimum absolute atomic E-state index is 0.0227. The number of nitrogens with zero attached hydrogens (tertiary/aromatic N) is 1. The molecule has 0 unspecified atom stereocenters. The summed E-state index contributed by atoms with van der Waals surface area (Å²) in [5, 5.41) is 2.97. The summed E-state index contributed by atoms with van der Waals surface area (Å²) < 4.78 is 5.78. The van der Waals surface area contributed by atoms with Gasteiger partial charge >= 0.3 is 0 Å². The lowest BCUT2D eigenvalue weighted by Gasteiger charge is -2.20. The van der Waals surface area contributed by atoms with Crippen LogP contribution in [0, 0.1) is 0 Å². The van der Waals surface area contributed by atoms with Gasteiger partial charge in [-0.15, -0.1) is 0 Å². The monoisotopic (exact) mass is 388 g/mol. The van der Waals surface area contributed by atoms with E-state index < -0.39 is 0 Å². The molecular formula is C25H28N2O2. The summed E-state index contributed by atoms with van der Waals surface area (Å²) in [5.74, 6) is 0.807. The molecule has 150 valence electrons. The highest BCUT2D eigenvalue weighted by molar-refractivity contribution is 5.90. The van der Waals surface area contributed by atoms with Crippen molar-refractivity contribution < 1.29 is 9.53 Å². The van der Waals surface area contributed by atoms with Crippen molar-refractivity contribution in [3.63, 3.8) is 0 Å². The van der Waals surface area contributed by atoms with Crippen LogP contribution >= 0.6 is 0 Å². The lowest BCUT2D eigenvalue weighted by atomic mass is 10.2. The molecule has 1 N–H and O–H groups in total. The normalized spacial score (nSPS) is 10.7. The van der Waals surface area contributed by atoms with Crippen molar-refractivity contribution >= 4 is 11.6 Å². The Kier molecular flexibility index (Phi) is 7.84. The average molecular weight is 389 g/mol. The molecule has 0 aliphatic carbocycles. The van der Waals surface area contributed by atoms with Crippen molar-refractivity contribution in [3.05, 3.63) is 96.1 Å². The first-order chi connectivity index (χ1) is 14.2. The van der Waals surface area contributed by atoms with E-state index in [1.807, 2.05) is 72.8 Å². The molecule has 0 aromatic heterocycles. The molecule has 4 nitrogen and oxygen atoms in total. The number of nitrogens with one attached hydrogen (secondary N) is 1. The Labute approximate surface area is 173 Å². The molecule has 3 aromatic carbocycles. The van der Waals surface area contributed by atoms with E-state index in [0.717, 1.165) is 36.6 Å². The Morgan fingerprint density at radius 1 is 0.862 bits per heavy atom. The molecular weight excluding hydrogens is 360 g/mol. The van der Waals surface area contributed by atoms with Gasteiger partial charge in [-0.1, -0.05) is 67.6 Å². The second-order valence-corrected chi connectivity index (χ2v) is 6.95. The van der Waals surface area contributed by atoms with Crippen LogP contribution in [0.5, 0.6) is 5.75 Å². The summed E-state index contributed by atoms with van der Waals surface area (Å²) in [7, 11) is 0. The molecule has 3 rings (SSSR count). The zero-order valence-electron chi connectivity index (χ0n) is 16.9. The molecule has 0 saturated heterocycles. The third-order valence-corrected chi connectivity index (χ3v) is 4.74. The summed E-state index contributed by atoms with van der Waals surface area (Å²) in [6.45, 7) is 5.15. The number of hydrogen-bond donors (Lipinski definition) is 1. The molecule has 3 aromatic rings. The molecule has 0 fully saturated rings. The number of carbonyl (C=O) groups is 1. The first-order valence-electron chi connectivity index (χ1n) is 10.1. The molecule has 0 radical (unpaired) electrons. The minimum Gasteiger partial charge on any atom is -0.489 e.